The van der Waals surface area contributed by atoms with Crippen LogP contribution in [-0.2, 0) is 16.1 Å². The molecule has 0 fully saturated rings. The van der Waals surface area contributed by atoms with Gasteiger partial charge >= 0.3 is 5.97 Å². The predicted octanol–water partition coefficient (Wildman–Crippen LogP) is 4.07. The second kappa shape index (κ2) is 9.70. The minimum Gasteiger partial charge on any atom is -0.454 e. The average molecular weight is 467 g/mol. The Hall–Kier alpha value is -3.62. The summed E-state index contributed by atoms with van der Waals surface area (Å²) in [4.78, 5) is 32.2. The van der Waals surface area contributed by atoms with Gasteiger partial charge < -0.3 is 19.1 Å². The zero-order valence-corrected chi connectivity index (χ0v) is 20.2. The van der Waals surface area contributed by atoms with Gasteiger partial charge in [0.15, 0.2) is 23.8 Å². The normalized spacial score (nSPS) is 12.6. The molecule has 0 N–H and O–H groups in total. The Morgan fingerprint density at radius 2 is 1.91 bits per heavy atom. The maximum atomic E-state index is 13.0. The molecule has 0 bridgehead atoms. The van der Waals surface area contributed by atoms with Crippen LogP contribution in [0.15, 0.2) is 30.5 Å². The third-order valence-electron chi connectivity index (χ3n) is 5.76. The van der Waals surface area contributed by atoms with Gasteiger partial charge in [-0.15, -0.1) is 0 Å². The number of likely N-dealkylation sites (N-methyl/N-ethyl adjacent to an activating group) is 1. The number of hydrogen-bond acceptors (Lipinski definition) is 7. The number of aromatic nitrogens is 3. The number of carbonyl (C=O) groups is 2. The molecule has 1 aliphatic heterocycles. The van der Waals surface area contributed by atoms with Crippen molar-refractivity contribution in [2.24, 2.45) is 0 Å². The van der Waals surface area contributed by atoms with Crippen LogP contribution < -0.4 is 9.47 Å². The Bertz CT molecular complexity index is 1220. The Kier molecular flexibility index (Phi) is 6.72. The van der Waals surface area contributed by atoms with E-state index in [1.165, 1.54) is 0 Å². The standard InChI is InChI=1S/C25H30N4O5/c1-6-28(12-17-7-8-21-22(9-17)34-14-33-21)23(30)13-32-25(31)18-10-20(15(2)3)27-24-19(18)11-26-29(24)16(4)5/h7-11,15-16H,6,12-14H2,1-5H3. The van der Waals surface area contributed by atoms with E-state index in [-0.39, 0.29) is 31.3 Å². The molecule has 9 nitrogen and oxygen atoms in total. The van der Waals surface area contributed by atoms with Gasteiger partial charge in [0, 0.05) is 24.8 Å². The summed E-state index contributed by atoms with van der Waals surface area (Å²) in [6.07, 6.45) is 1.63. The number of nitrogens with zero attached hydrogens (tertiary/aromatic N) is 4. The Morgan fingerprint density at radius 3 is 2.62 bits per heavy atom. The zero-order valence-electron chi connectivity index (χ0n) is 20.2. The first-order valence-electron chi connectivity index (χ1n) is 11.5. The van der Waals surface area contributed by atoms with Crippen molar-refractivity contribution in [2.75, 3.05) is 19.9 Å². The molecule has 1 amide bonds. The van der Waals surface area contributed by atoms with Gasteiger partial charge in [-0.3, -0.25) is 4.79 Å². The van der Waals surface area contributed by atoms with E-state index in [2.05, 4.69) is 5.10 Å². The van der Waals surface area contributed by atoms with Gasteiger partial charge in [0.25, 0.3) is 5.91 Å². The Balaban J connectivity index is 1.48. The minimum absolute atomic E-state index is 0.0900. The Morgan fingerprint density at radius 1 is 1.15 bits per heavy atom. The van der Waals surface area contributed by atoms with E-state index < -0.39 is 5.97 Å². The third-order valence-corrected chi connectivity index (χ3v) is 5.76. The van der Waals surface area contributed by atoms with Gasteiger partial charge in [0.1, 0.15) is 0 Å². The molecular formula is C25H30N4O5. The molecule has 3 aromatic rings. The largest absolute Gasteiger partial charge is 0.454 e. The number of fused-ring (bicyclic) bond motifs is 2. The van der Waals surface area contributed by atoms with E-state index in [1.54, 1.807) is 21.8 Å². The number of ether oxygens (including phenoxy) is 3. The fourth-order valence-electron chi connectivity index (χ4n) is 3.81. The molecule has 180 valence electrons. The molecule has 0 aliphatic carbocycles. The number of amides is 1. The summed E-state index contributed by atoms with van der Waals surface area (Å²) in [5, 5.41) is 5.01. The van der Waals surface area contributed by atoms with Crippen LogP contribution >= 0.6 is 0 Å². The van der Waals surface area contributed by atoms with Crippen molar-refractivity contribution >= 4 is 22.9 Å². The van der Waals surface area contributed by atoms with Crippen LogP contribution in [0.3, 0.4) is 0 Å². The summed E-state index contributed by atoms with van der Waals surface area (Å²) < 4.78 is 18.0. The van der Waals surface area contributed by atoms with Gasteiger partial charge in [0.2, 0.25) is 6.79 Å². The number of rotatable bonds is 8. The second-order valence-electron chi connectivity index (χ2n) is 8.84. The van der Waals surface area contributed by atoms with Crippen molar-refractivity contribution in [3.63, 3.8) is 0 Å². The highest BCUT2D eigenvalue weighted by Gasteiger charge is 2.22. The molecule has 2 aromatic heterocycles. The summed E-state index contributed by atoms with van der Waals surface area (Å²) >= 11 is 0. The van der Waals surface area contributed by atoms with E-state index in [0.717, 1.165) is 11.3 Å². The zero-order chi connectivity index (χ0) is 24.4. The summed E-state index contributed by atoms with van der Waals surface area (Å²) in [6.45, 7) is 10.6. The summed E-state index contributed by atoms with van der Waals surface area (Å²) in [5.41, 5.74) is 2.68. The molecule has 34 heavy (non-hydrogen) atoms. The van der Waals surface area contributed by atoms with Crippen molar-refractivity contribution in [1.82, 2.24) is 19.7 Å². The molecule has 0 atom stereocenters. The smallest absolute Gasteiger partial charge is 0.339 e. The van der Waals surface area contributed by atoms with Gasteiger partial charge in [-0.05, 0) is 50.5 Å². The minimum atomic E-state index is -0.565. The van der Waals surface area contributed by atoms with Crippen molar-refractivity contribution in [2.45, 2.75) is 53.1 Å². The third kappa shape index (κ3) is 4.69. The molecule has 0 saturated heterocycles. The molecule has 9 heteroatoms. The lowest BCUT2D eigenvalue weighted by molar-refractivity contribution is -0.134. The highest BCUT2D eigenvalue weighted by Crippen LogP contribution is 2.33. The van der Waals surface area contributed by atoms with Crippen LogP contribution in [0.4, 0.5) is 0 Å². The quantitative estimate of drug-likeness (QED) is 0.462. The number of hydrogen-bond donors (Lipinski definition) is 0. The second-order valence-corrected chi connectivity index (χ2v) is 8.84. The molecular weight excluding hydrogens is 436 g/mol. The SMILES string of the molecule is CCN(Cc1ccc2c(c1)OCO2)C(=O)COC(=O)c1cc(C(C)C)nc2c1cnn2C(C)C. The molecule has 0 saturated carbocycles. The maximum absolute atomic E-state index is 13.0. The van der Waals surface area contributed by atoms with Gasteiger partial charge in [0.05, 0.1) is 17.1 Å². The lowest BCUT2D eigenvalue weighted by atomic mass is 10.1. The topological polar surface area (TPSA) is 95.8 Å². The van der Waals surface area contributed by atoms with Crippen LogP contribution in [0.5, 0.6) is 11.5 Å². The fraction of sp³-hybridized carbons (Fsp3) is 0.440. The van der Waals surface area contributed by atoms with Crippen LogP contribution in [0.2, 0.25) is 0 Å². The average Bonchev–Trinajstić information content (AvgIpc) is 3.46. The van der Waals surface area contributed by atoms with Crippen LogP contribution in [0.25, 0.3) is 11.0 Å². The van der Waals surface area contributed by atoms with Crippen LogP contribution in [-0.4, -0.2) is 51.5 Å². The number of carbonyl (C=O) groups excluding carboxylic acids is 2. The summed E-state index contributed by atoms with van der Waals surface area (Å²) in [6, 6.07) is 7.40. The first-order valence-corrected chi connectivity index (χ1v) is 11.5. The predicted molar refractivity (Wildman–Crippen MR) is 126 cm³/mol. The van der Waals surface area contributed by atoms with Crippen LogP contribution in [0, 0.1) is 0 Å². The molecule has 1 aliphatic rings. The lowest BCUT2D eigenvalue weighted by Gasteiger charge is -2.21. The molecule has 3 heterocycles. The maximum Gasteiger partial charge on any atom is 0.339 e. The Labute approximate surface area is 198 Å². The molecule has 0 unspecified atom stereocenters. The fourth-order valence-corrected chi connectivity index (χ4v) is 3.81. The van der Waals surface area contributed by atoms with Crippen molar-refractivity contribution in [3.05, 3.63) is 47.3 Å². The van der Waals surface area contributed by atoms with E-state index in [9.17, 15) is 9.59 Å². The van der Waals surface area contributed by atoms with E-state index in [1.807, 2.05) is 52.8 Å². The highest BCUT2D eigenvalue weighted by atomic mass is 16.7. The monoisotopic (exact) mass is 466 g/mol. The van der Waals surface area contributed by atoms with E-state index in [4.69, 9.17) is 19.2 Å². The number of pyridine rings is 1. The van der Waals surface area contributed by atoms with Gasteiger partial charge in [-0.2, -0.15) is 5.10 Å². The van der Waals surface area contributed by atoms with Gasteiger partial charge in [-0.1, -0.05) is 19.9 Å². The van der Waals surface area contributed by atoms with E-state index >= 15 is 0 Å². The summed E-state index contributed by atoms with van der Waals surface area (Å²) in [5.74, 6) is 0.630. The first-order chi connectivity index (χ1) is 16.3. The number of benzene rings is 1. The first kappa shape index (κ1) is 23.5. The van der Waals surface area contributed by atoms with Crippen molar-refractivity contribution < 1.29 is 23.8 Å². The van der Waals surface area contributed by atoms with Gasteiger partial charge in [-0.25, -0.2) is 14.5 Å². The van der Waals surface area contributed by atoms with Crippen molar-refractivity contribution in [3.8, 4) is 11.5 Å². The van der Waals surface area contributed by atoms with Crippen molar-refractivity contribution in [1.29, 1.82) is 0 Å². The lowest BCUT2D eigenvalue weighted by Crippen LogP contribution is -2.34. The van der Waals surface area contributed by atoms with Crippen LogP contribution in [0.1, 0.15) is 68.2 Å². The molecule has 4 rings (SSSR count). The van der Waals surface area contributed by atoms with E-state index in [0.29, 0.717) is 41.2 Å². The number of esters is 1. The molecule has 0 radical (unpaired) electrons. The highest BCUT2D eigenvalue weighted by molar-refractivity contribution is 6.03. The molecule has 1 aromatic carbocycles. The molecule has 0 spiro atoms. The summed E-state index contributed by atoms with van der Waals surface area (Å²) in [7, 11) is 0.